The molecule has 0 atom stereocenters. The Morgan fingerprint density at radius 3 is 2.56 bits per heavy atom. The lowest BCUT2D eigenvalue weighted by Crippen LogP contribution is -1.95. The Hall–Kier alpha value is -2.03. The number of rotatable bonds is 2. The normalized spacial score (nSPS) is 10.4. The molecule has 3 heteroatoms. The fourth-order valence-electron chi connectivity index (χ4n) is 1.70. The number of aromatic nitrogens is 1. The summed E-state index contributed by atoms with van der Waals surface area (Å²) in [6.07, 6.45) is 0. The van der Waals surface area contributed by atoms with Crippen LogP contribution >= 0.6 is 0 Å². The number of carbonyl (C=O) groups is 1. The molecule has 1 aromatic heterocycles. The van der Waals surface area contributed by atoms with Crippen LogP contribution in [0.1, 0.15) is 21.6 Å². The molecule has 3 nitrogen and oxygen atoms in total. The molecule has 1 aromatic carbocycles. The van der Waals surface area contributed by atoms with Crippen LogP contribution in [0.4, 0.5) is 0 Å². The molecule has 0 unspecified atom stereocenters. The van der Waals surface area contributed by atoms with Gasteiger partial charge in [0, 0.05) is 11.3 Å². The average Bonchev–Trinajstić information content (AvgIpc) is 2.70. The number of hydrogen-bond donors (Lipinski definition) is 2. The van der Waals surface area contributed by atoms with Gasteiger partial charge in [-0.1, -0.05) is 17.7 Å². The molecule has 0 saturated carbocycles. The van der Waals surface area contributed by atoms with E-state index < -0.39 is 5.97 Å². The Bertz CT molecular complexity index is 541. The molecule has 2 N–H and O–H groups in total. The van der Waals surface area contributed by atoms with Crippen molar-refractivity contribution in [3.63, 3.8) is 0 Å². The molecule has 0 aliphatic rings. The van der Waals surface area contributed by atoms with Gasteiger partial charge in [0.05, 0.1) is 0 Å². The fraction of sp³-hybridized carbons (Fsp3) is 0.154. The van der Waals surface area contributed by atoms with E-state index >= 15 is 0 Å². The Kier molecular flexibility index (Phi) is 2.52. The van der Waals surface area contributed by atoms with Crippen molar-refractivity contribution in [1.29, 1.82) is 0 Å². The first kappa shape index (κ1) is 10.5. The Morgan fingerprint density at radius 1 is 1.19 bits per heavy atom. The molecule has 0 aliphatic heterocycles. The molecule has 0 aliphatic carbocycles. The van der Waals surface area contributed by atoms with Gasteiger partial charge < -0.3 is 10.1 Å². The monoisotopic (exact) mass is 215 g/mol. The predicted molar refractivity (Wildman–Crippen MR) is 62.7 cm³/mol. The summed E-state index contributed by atoms with van der Waals surface area (Å²) < 4.78 is 0. The second-order valence-corrected chi connectivity index (χ2v) is 3.91. The number of carboxylic acid groups (broad SMARTS) is 1. The van der Waals surface area contributed by atoms with Crippen molar-refractivity contribution in [3.05, 3.63) is 47.2 Å². The van der Waals surface area contributed by atoms with Gasteiger partial charge >= 0.3 is 5.97 Å². The highest BCUT2D eigenvalue weighted by Crippen LogP contribution is 2.23. The lowest BCUT2D eigenvalue weighted by molar-refractivity contribution is 0.0691. The smallest absolute Gasteiger partial charge is 0.352 e. The lowest BCUT2D eigenvalue weighted by atomic mass is 10.0. The maximum atomic E-state index is 10.8. The summed E-state index contributed by atoms with van der Waals surface area (Å²) in [5.74, 6) is -0.934. The Balaban J connectivity index is 2.50. The largest absolute Gasteiger partial charge is 0.477 e. The van der Waals surface area contributed by atoms with Crippen molar-refractivity contribution in [1.82, 2.24) is 4.98 Å². The second kappa shape index (κ2) is 3.85. The van der Waals surface area contributed by atoms with Gasteiger partial charge in [0.2, 0.25) is 0 Å². The van der Waals surface area contributed by atoms with Gasteiger partial charge in [-0.05, 0) is 37.6 Å². The van der Waals surface area contributed by atoms with E-state index in [1.165, 1.54) is 0 Å². The van der Waals surface area contributed by atoms with Gasteiger partial charge in [0.15, 0.2) is 0 Å². The van der Waals surface area contributed by atoms with Crippen molar-refractivity contribution >= 4 is 5.97 Å². The maximum absolute atomic E-state index is 10.8. The molecular formula is C13H13NO2. The molecule has 1 heterocycles. The van der Waals surface area contributed by atoms with Crippen LogP contribution in [0.15, 0.2) is 30.3 Å². The van der Waals surface area contributed by atoms with Crippen molar-refractivity contribution in [2.45, 2.75) is 13.8 Å². The van der Waals surface area contributed by atoms with Crippen LogP contribution < -0.4 is 0 Å². The summed E-state index contributed by atoms with van der Waals surface area (Å²) in [6, 6.07) is 9.50. The molecular weight excluding hydrogens is 202 g/mol. The van der Waals surface area contributed by atoms with Crippen molar-refractivity contribution < 1.29 is 9.90 Å². The summed E-state index contributed by atoms with van der Waals surface area (Å²) in [6.45, 7) is 4.03. The zero-order valence-electron chi connectivity index (χ0n) is 9.24. The van der Waals surface area contributed by atoms with E-state index in [1.807, 2.05) is 32.0 Å². The third-order valence-corrected chi connectivity index (χ3v) is 2.60. The number of aryl methyl sites for hydroxylation is 2. The molecule has 82 valence electrons. The first-order valence-corrected chi connectivity index (χ1v) is 5.08. The van der Waals surface area contributed by atoms with Crippen LogP contribution in [0.3, 0.4) is 0 Å². The van der Waals surface area contributed by atoms with Gasteiger partial charge in [-0.2, -0.15) is 0 Å². The molecule has 0 saturated heterocycles. The summed E-state index contributed by atoms with van der Waals surface area (Å²) in [4.78, 5) is 13.7. The van der Waals surface area contributed by atoms with Crippen LogP contribution in [0.2, 0.25) is 0 Å². The highest BCUT2D eigenvalue weighted by molar-refractivity contribution is 5.87. The van der Waals surface area contributed by atoms with Crippen molar-refractivity contribution in [2.24, 2.45) is 0 Å². The van der Waals surface area contributed by atoms with Gasteiger partial charge in [-0.3, -0.25) is 0 Å². The fourth-order valence-corrected chi connectivity index (χ4v) is 1.70. The van der Waals surface area contributed by atoms with Gasteiger partial charge in [0.1, 0.15) is 5.69 Å². The summed E-state index contributed by atoms with van der Waals surface area (Å²) in [5, 5.41) is 8.84. The van der Waals surface area contributed by atoms with E-state index in [9.17, 15) is 4.79 Å². The van der Waals surface area contributed by atoms with Crippen LogP contribution in [0.25, 0.3) is 11.3 Å². The average molecular weight is 215 g/mol. The van der Waals surface area contributed by atoms with E-state index in [1.54, 1.807) is 12.1 Å². The lowest BCUT2D eigenvalue weighted by Gasteiger charge is -2.04. The minimum absolute atomic E-state index is 0.218. The molecule has 2 aromatic rings. The second-order valence-electron chi connectivity index (χ2n) is 3.91. The summed E-state index contributed by atoms with van der Waals surface area (Å²) in [5.41, 5.74) is 4.40. The topological polar surface area (TPSA) is 53.1 Å². The van der Waals surface area contributed by atoms with Gasteiger partial charge in [0.25, 0.3) is 0 Å². The number of nitrogens with one attached hydrogen (secondary N) is 1. The highest BCUT2D eigenvalue weighted by atomic mass is 16.4. The van der Waals surface area contributed by atoms with Crippen LogP contribution in [-0.2, 0) is 0 Å². The number of carboxylic acids is 1. The molecule has 2 rings (SSSR count). The zero-order chi connectivity index (χ0) is 11.7. The highest BCUT2D eigenvalue weighted by Gasteiger charge is 2.08. The first-order valence-electron chi connectivity index (χ1n) is 5.08. The van der Waals surface area contributed by atoms with E-state index in [0.29, 0.717) is 0 Å². The minimum Gasteiger partial charge on any atom is -0.477 e. The number of aromatic amines is 1. The van der Waals surface area contributed by atoms with Gasteiger partial charge in [-0.15, -0.1) is 0 Å². The van der Waals surface area contributed by atoms with E-state index in [0.717, 1.165) is 22.4 Å². The van der Waals surface area contributed by atoms with Crippen LogP contribution in [-0.4, -0.2) is 16.1 Å². The number of hydrogen-bond acceptors (Lipinski definition) is 1. The molecule has 0 spiro atoms. The third-order valence-electron chi connectivity index (χ3n) is 2.60. The number of aromatic carboxylic acids is 1. The van der Waals surface area contributed by atoms with Crippen LogP contribution in [0, 0.1) is 13.8 Å². The third kappa shape index (κ3) is 1.84. The minimum atomic E-state index is -0.934. The van der Waals surface area contributed by atoms with Crippen molar-refractivity contribution in [3.8, 4) is 11.3 Å². The van der Waals surface area contributed by atoms with E-state index in [-0.39, 0.29) is 5.69 Å². The maximum Gasteiger partial charge on any atom is 0.352 e. The molecule has 0 fully saturated rings. The summed E-state index contributed by atoms with van der Waals surface area (Å²) >= 11 is 0. The standard InChI is InChI=1S/C13H13NO2/c1-8-3-4-9(2)10(7-8)11-5-6-12(14-11)13(15)16/h3-7,14H,1-2H3,(H,15,16). The summed E-state index contributed by atoms with van der Waals surface area (Å²) in [7, 11) is 0. The molecule has 0 bridgehead atoms. The SMILES string of the molecule is Cc1ccc(C)c(-c2ccc(C(=O)O)[nH]2)c1. The number of benzene rings is 1. The zero-order valence-corrected chi connectivity index (χ0v) is 9.24. The Morgan fingerprint density at radius 2 is 1.94 bits per heavy atom. The molecule has 16 heavy (non-hydrogen) atoms. The number of H-pyrrole nitrogens is 1. The van der Waals surface area contributed by atoms with Crippen LogP contribution in [0.5, 0.6) is 0 Å². The molecule has 0 amide bonds. The van der Waals surface area contributed by atoms with E-state index in [4.69, 9.17) is 5.11 Å². The van der Waals surface area contributed by atoms with E-state index in [2.05, 4.69) is 4.98 Å². The predicted octanol–water partition coefficient (Wildman–Crippen LogP) is 3.00. The molecule has 0 radical (unpaired) electrons. The Labute approximate surface area is 93.7 Å². The first-order chi connectivity index (χ1) is 7.58. The van der Waals surface area contributed by atoms with Crippen molar-refractivity contribution in [2.75, 3.05) is 0 Å². The quantitative estimate of drug-likeness (QED) is 0.809. The van der Waals surface area contributed by atoms with Gasteiger partial charge in [-0.25, -0.2) is 4.79 Å².